The molecule has 4 N–H and O–H groups in total. The predicted molar refractivity (Wildman–Crippen MR) is 70.9 cm³/mol. The zero-order valence-corrected chi connectivity index (χ0v) is 12.3. The van der Waals surface area contributed by atoms with Gasteiger partial charge in [0.05, 0.1) is 12.9 Å². The number of fused-ring (bicyclic) bond motifs is 2. The molecule has 124 valence electrons. The number of phosphoric ester groups is 1. The number of aliphatic hydroxyl groups is 1. The summed E-state index contributed by atoms with van der Waals surface area (Å²) in [5.41, 5.74) is 5.07. The summed E-state index contributed by atoms with van der Waals surface area (Å²) < 4.78 is 27.5. The van der Waals surface area contributed by atoms with Crippen molar-refractivity contribution in [3.05, 3.63) is 16.7 Å². The van der Waals surface area contributed by atoms with Gasteiger partial charge in [0.1, 0.15) is 18.3 Å². The number of nitrogens with one attached hydrogen (secondary N) is 1. The third-order valence-corrected chi connectivity index (χ3v) is 4.65. The Morgan fingerprint density at radius 1 is 1.57 bits per heavy atom. The zero-order chi connectivity index (χ0) is 16.4. The lowest BCUT2D eigenvalue weighted by molar-refractivity contribution is -0.245. The molecule has 4 rings (SSSR count). The molecule has 0 radical (unpaired) electrons. The van der Waals surface area contributed by atoms with E-state index in [2.05, 4.69) is 19.5 Å². The lowest BCUT2D eigenvalue weighted by atomic mass is 10.1. The smallest absolute Gasteiger partial charge is 0.280 e. The molecular formula is C10H11N5O7P-. The molecule has 5 atom stereocenters. The third-order valence-electron chi connectivity index (χ3n) is 3.68. The van der Waals surface area contributed by atoms with Crippen molar-refractivity contribution in [3.63, 3.8) is 0 Å². The van der Waals surface area contributed by atoms with Gasteiger partial charge in [-0.1, -0.05) is 0 Å². The van der Waals surface area contributed by atoms with Crippen LogP contribution in [0.4, 0.5) is 5.95 Å². The second-order valence-corrected chi connectivity index (χ2v) is 6.51. The zero-order valence-electron chi connectivity index (χ0n) is 11.4. The van der Waals surface area contributed by atoms with E-state index in [0.717, 1.165) is 0 Å². The SMILES string of the molecule is Nc1nc2c(ncn2[C@@H]2O[C@@H]3COP(=O)([O-])OC3[C@@H]2O)c(=O)[nH]1. The fourth-order valence-electron chi connectivity index (χ4n) is 2.69. The van der Waals surface area contributed by atoms with Gasteiger partial charge in [-0.15, -0.1) is 0 Å². The summed E-state index contributed by atoms with van der Waals surface area (Å²) in [7, 11) is -4.47. The molecule has 0 saturated carbocycles. The highest BCUT2D eigenvalue weighted by Gasteiger charge is 2.50. The number of aromatic amines is 1. The molecule has 2 aliphatic rings. The fourth-order valence-corrected chi connectivity index (χ4v) is 3.64. The van der Waals surface area contributed by atoms with Gasteiger partial charge in [-0.25, -0.2) is 4.98 Å². The van der Waals surface area contributed by atoms with E-state index in [0.29, 0.717) is 0 Å². The lowest BCUT2D eigenvalue weighted by Gasteiger charge is -2.34. The normalized spacial score (nSPS) is 37.1. The predicted octanol–water partition coefficient (Wildman–Crippen LogP) is -2.16. The quantitative estimate of drug-likeness (QED) is 0.483. The summed E-state index contributed by atoms with van der Waals surface area (Å²) in [4.78, 5) is 33.3. The average molecular weight is 344 g/mol. The highest BCUT2D eigenvalue weighted by Crippen LogP contribution is 2.49. The van der Waals surface area contributed by atoms with Crippen LogP contribution in [0.5, 0.6) is 0 Å². The minimum atomic E-state index is -4.47. The molecule has 13 heteroatoms. The number of nitrogens with zero attached hydrogens (tertiary/aromatic N) is 3. The van der Waals surface area contributed by atoms with Crippen molar-refractivity contribution in [2.45, 2.75) is 24.5 Å². The Morgan fingerprint density at radius 3 is 3.13 bits per heavy atom. The first-order chi connectivity index (χ1) is 10.9. The fraction of sp³-hybridized carbons (Fsp3) is 0.500. The molecule has 23 heavy (non-hydrogen) atoms. The molecule has 12 nitrogen and oxygen atoms in total. The number of phosphoric acid groups is 1. The largest absolute Gasteiger partial charge is 0.756 e. The van der Waals surface area contributed by atoms with E-state index in [4.69, 9.17) is 15.0 Å². The molecule has 4 heterocycles. The van der Waals surface area contributed by atoms with Crippen molar-refractivity contribution >= 4 is 24.9 Å². The molecule has 0 bridgehead atoms. The van der Waals surface area contributed by atoms with Crippen LogP contribution < -0.4 is 16.2 Å². The summed E-state index contributed by atoms with van der Waals surface area (Å²) in [6.45, 7) is -0.276. The summed E-state index contributed by atoms with van der Waals surface area (Å²) >= 11 is 0. The Hall–Kier alpha value is -1.82. The maximum atomic E-state index is 11.8. The van der Waals surface area contributed by atoms with Crippen LogP contribution in [0.2, 0.25) is 0 Å². The number of aliphatic hydroxyl groups excluding tert-OH is 1. The van der Waals surface area contributed by atoms with Gasteiger partial charge < -0.3 is 29.5 Å². The number of imidazole rings is 1. The van der Waals surface area contributed by atoms with Gasteiger partial charge in [0, 0.05) is 0 Å². The molecule has 0 amide bonds. The topological polar surface area (TPSA) is 178 Å². The van der Waals surface area contributed by atoms with E-state index in [1.807, 2.05) is 0 Å². The van der Waals surface area contributed by atoms with Gasteiger partial charge in [-0.3, -0.25) is 18.9 Å². The minimum absolute atomic E-state index is 0.0107. The van der Waals surface area contributed by atoms with Crippen LogP contribution in [0.3, 0.4) is 0 Å². The number of aromatic nitrogens is 4. The van der Waals surface area contributed by atoms with Gasteiger partial charge in [-0.2, -0.15) is 4.98 Å². The first kappa shape index (κ1) is 14.8. The van der Waals surface area contributed by atoms with Crippen LogP contribution in [-0.2, 0) is 18.3 Å². The first-order valence-corrected chi connectivity index (χ1v) is 8.01. The van der Waals surface area contributed by atoms with Gasteiger partial charge in [-0.05, 0) is 0 Å². The maximum Gasteiger partial charge on any atom is 0.280 e. The van der Waals surface area contributed by atoms with E-state index in [1.54, 1.807) is 0 Å². The van der Waals surface area contributed by atoms with Crippen LogP contribution in [0.1, 0.15) is 6.23 Å². The number of anilines is 1. The number of ether oxygens (including phenoxy) is 1. The van der Waals surface area contributed by atoms with Gasteiger partial charge in [0.2, 0.25) is 5.95 Å². The number of hydrogen-bond acceptors (Lipinski definition) is 10. The molecule has 2 unspecified atom stereocenters. The number of hydrogen-bond donors (Lipinski definition) is 3. The van der Waals surface area contributed by atoms with Crippen LogP contribution in [0, 0.1) is 0 Å². The third kappa shape index (κ3) is 2.27. The van der Waals surface area contributed by atoms with Crippen LogP contribution in [-0.4, -0.2) is 49.5 Å². The lowest BCUT2D eigenvalue weighted by Crippen LogP contribution is -2.41. The number of H-pyrrole nitrogens is 1. The van der Waals surface area contributed by atoms with E-state index >= 15 is 0 Å². The first-order valence-electron chi connectivity index (χ1n) is 6.55. The Labute approximate surface area is 127 Å². The monoisotopic (exact) mass is 344 g/mol. The van der Waals surface area contributed by atoms with Crippen molar-refractivity contribution in [2.24, 2.45) is 0 Å². The second-order valence-electron chi connectivity index (χ2n) is 5.14. The average Bonchev–Trinajstić information content (AvgIpc) is 3.00. The highest BCUT2D eigenvalue weighted by molar-refractivity contribution is 7.45. The number of nitrogen functional groups attached to an aromatic ring is 1. The summed E-state index contributed by atoms with van der Waals surface area (Å²) in [5.74, 6) is -0.127. The summed E-state index contributed by atoms with van der Waals surface area (Å²) in [5, 5.41) is 10.3. The van der Waals surface area contributed by atoms with Crippen LogP contribution in [0.25, 0.3) is 11.2 Å². The molecular weight excluding hydrogens is 333 g/mol. The van der Waals surface area contributed by atoms with E-state index in [-0.39, 0.29) is 23.7 Å². The Balaban J connectivity index is 1.75. The van der Waals surface area contributed by atoms with E-state index < -0.39 is 37.9 Å². The van der Waals surface area contributed by atoms with Gasteiger partial charge in [0.15, 0.2) is 17.4 Å². The molecule has 2 fully saturated rings. The van der Waals surface area contributed by atoms with Gasteiger partial charge in [0.25, 0.3) is 13.4 Å². The molecule has 0 aliphatic carbocycles. The Kier molecular flexibility index (Phi) is 3.10. The summed E-state index contributed by atoms with van der Waals surface area (Å²) in [6.07, 6.45) is -3.04. The molecule has 2 aromatic rings. The van der Waals surface area contributed by atoms with Gasteiger partial charge >= 0.3 is 0 Å². The number of rotatable bonds is 1. The van der Waals surface area contributed by atoms with Crippen molar-refractivity contribution in [3.8, 4) is 0 Å². The molecule has 2 aliphatic heterocycles. The van der Waals surface area contributed by atoms with Crippen LogP contribution >= 0.6 is 7.82 Å². The standard InChI is InChI=1S/C10H12N5O7P/c11-10-13-7-4(8(17)14-10)12-2-15(7)9-5(16)6-3(21-9)1-20-23(18,19)22-6/h2-3,5-6,9,16H,1H2,(H,18,19)(H3,11,13,14,17)/p-1/t3-,5+,6?,9-/m1/s1. The Bertz CT molecular complexity index is 880. The van der Waals surface area contributed by atoms with Crippen molar-refractivity contribution in [2.75, 3.05) is 12.3 Å². The maximum absolute atomic E-state index is 11.8. The van der Waals surface area contributed by atoms with Crippen molar-refractivity contribution < 1.29 is 28.3 Å². The molecule has 0 spiro atoms. The van der Waals surface area contributed by atoms with E-state index in [9.17, 15) is 19.4 Å². The Morgan fingerprint density at radius 2 is 2.35 bits per heavy atom. The second kappa shape index (κ2) is 4.84. The molecule has 2 saturated heterocycles. The van der Waals surface area contributed by atoms with Crippen molar-refractivity contribution in [1.29, 1.82) is 0 Å². The molecule has 0 aromatic carbocycles. The molecule has 2 aromatic heterocycles. The minimum Gasteiger partial charge on any atom is -0.756 e. The summed E-state index contributed by atoms with van der Waals surface area (Å²) in [6, 6.07) is 0. The number of nitrogens with two attached hydrogens (primary N) is 1. The highest BCUT2D eigenvalue weighted by atomic mass is 31.2. The van der Waals surface area contributed by atoms with Crippen LogP contribution in [0.15, 0.2) is 11.1 Å². The van der Waals surface area contributed by atoms with E-state index in [1.165, 1.54) is 10.9 Å². The van der Waals surface area contributed by atoms with Crippen molar-refractivity contribution in [1.82, 2.24) is 19.5 Å².